The molecular formula is C19H17Cl2NO2. The zero-order chi connectivity index (χ0) is 17.2. The van der Waals surface area contributed by atoms with Crippen LogP contribution in [-0.4, -0.2) is 11.8 Å². The topological polar surface area (TPSA) is 37.4 Å². The molecule has 1 saturated carbocycles. The van der Waals surface area contributed by atoms with Gasteiger partial charge in [-0.05, 0) is 31.5 Å². The van der Waals surface area contributed by atoms with Crippen LogP contribution in [0.3, 0.4) is 0 Å². The van der Waals surface area contributed by atoms with Crippen molar-refractivity contribution in [1.82, 2.24) is 0 Å². The van der Waals surface area contributed by atoms with E-state index in [4.69, 9.17) is 23.2 Å². The molecule has 4 atom stereocenters. The summed E-state index contributed by atoms with van der Waals surface area (Å²) < 4.78 is 0. The van der Waals surface area contributed by atoms with Crippen LogP contribution < -0.4 is 4.90 Å². The third kappa shape index (κ3) is 1.98. The van der Waals surface area contributed by atoms with Gasteiger partial charge in [0, 0.05) is 16.9 Å². The lowest BCUT2D eigenvalue weighted by Gasteiger charge is -2.20. The van der Waals surface area contributed by atoms with E-state index >= 15 is 0 Å². The molecule has 2 amide bonds. The van der Waals surface area contributed by atoms with Crippen LogP contribution in [-0.2, 0) is 9.59 Å². The first kappa shape index (κ1) is 15.9. The largest absolute Gasteiger partial charge is 0.274 e. The molecule has 1 saturated heterocycles. The summed E-state index contributed by atoms with van der Waals surface area (Å²) in [6.07, 6.45) is 5.13. The molecule has 1 aliphatic heterocycles. The van der Waals surface area contributed by atoms with Crippen LogP contribution in [0.2, 0.25) is 10.0 Å². The van der Waals surface area contributed by atoms with Crippen molar-refractivity contribution in [3.63, 3.8) is 0 Å². The van der Waals surface area contributed by atoms with Crippen LogP contribution >= 0.6 is 23.2 Å². The monoisotopic (exact) mass is 361 g/mol. The lowest BCUT2D eigenvalue weighted by molar-refractivity contribution is -0.122. The number of carbonyl (C=O) groups excluding carboxylic acids is 2. The number of amides is 2. The average Bonchev–Trinajstić information content (AvgIpc) is 3.18. The summed E-state index contributed by atoms with van der Waals surface area (Å²) in [4.78, 5) is 27.3. The number of carbonyl (C=O) groups is 2. The number of benzene rings is 1. The van der Waals surface area contributed by atoms with Gasteiger partial charge in [-0.3, -0.25) is 9.59 Å². The lowest BCUT2D eigenvalue weighted by atomic mass is 9.85. The van der Waals surface area contributed by atoms with E-state index < -0.39 is 0 Å². The Balaban J connectivity index is 1.77. The summed E-state index contributed by atoms with van der Waals surface area (Å²) in [5.74, 6) is -0.786. The maximum absolute atomic E-state index is 13.0. The molecule has 0 spiro atoms. The molecule has 1 heterocycles. The molecule has 0 radical (unpaired) electrons. The zero-order valence-electron chi connectivity index (χ0n) is 13.4. The predicted octanol–water partition coefficient (Wildman–Crippen LogP) is 4.64. The van der Waals surface area contributed by atoms with Gasteiger partial charge >= 0.3 is 0 Å². The van der Waals surface area contributed by atoms with E-state index in [0.717, 1.165) is 6.42 Å². The third-order valence-corrected chi connectivity index (χ3v) is 6.13. The summed E-state index contributed by atoms with van der Waals surface area (Å²) in [6, 6.07) is 4.86. The van der Waals surface area contributed by atoms with Gasteiger partial charge < -0.3 is 0 Å². The number of hydrogen-bond acceptors (Lipinski definition) is 2. The number of halogens is 2. The van der Waals surface area contributed by atoms with E-state index in [1.165, 1.54) is 16.0 Å². The van der Waals surface area contributed by atoms with Crippen molar-refractivity contribution >= 4 is 40.7 Å². The molecule has 3 nitrogen and oxygen atoms in total. The maximum Gasteiger partial charge on any atom is 0.238 e. The Morgan fingerprint density at radius 3 is 2.17 bits per heavy atom. The lowest BCUT2D eigenvalue weighted by Crippen LogP contribution is -2.33. The van der Waals surface area contributed by atoms with Crippen molar-refractivity contribution in [3.8, 4) is 0 Å². The number of hydrogen-bond donors (Lipinski definition) is 0. The Kier molecular flexibility index (Phi) is 3.63. The number of nitrogens with zero attached hydrogens (tertiary/aromatic N) is 1. The predicted molar refractivity (Wildman–Crippen MR) is 95.0 cm³/mol. The van der Waals surface area contributed by atoms with Crippen LogP contribution in [0.1, 0.15) is 20.3 Å². The highest BCUT2D eigenvalue weighted by atomic mass is 35.5. The van der Waals surface area contributed by atoms with Crippen LogP contribution in [0.4, 0.5) is 5.69 Å². The van der Waals surface area contributed by atoms with E-state index in [1.807, 2.05) is 0 Å². The molecule has 24 heavy (non-hydrogen) atoms. The zero-order valence-corrected chi connectivity index (χ0v) is 14.9. The molecule has 0 N–H and O–H groups in total. The fourth-order valence-electron chi connectivity index (χ4n) is 4.44. The van der Waals surface area contributed by atoms with Gasteiger partial charge in [-0.25, -0.2) is 4.90 Å². The summed E-state index contributed by atoms with van der Waals surface area (Å²) in [7, 11) is 0. The summed E-state index contributed by atoms with van der Waals surface area (Å²) >= 11 is 12.2. The molecule has 124 valence electrons. The number of imide groups is 1. The quantitative estimate of drug-likeness (QED) is 0.568. The van der Waals surface area contributed by atoms with E-state index in [9.17, 15) is 9.59 Å². The minimum Gasteiger partial charge on any atom is -0.274 e. The van der Waals surface area contributed by atoms with E-state index in [2.05, 4.69) is 26.0 Å². The molecule has 3 aliphatic rings. The van der Waals surface area contributed by atoms with Crippen molar-refractivity contribution in [2.24, 2.45) is 23.7 Å². The van der Waals surface area contributed by atoms with Crippen molar-refractivity contribution in [2.45, 2.75) is 20.3 Å². The van der Waals surface area contributed by atoms with Crippen molar-refractivity contribution in [3.05, 3.63) is 51.5 Å². The molecule has 2 aliphatic carbocycles. The summed E-state index contributed by atoms with van der Waals surface area (Å²) in [5.41, 5.74) is 3.00. The number of fused-ring (bicyclic) bond motifs is 5. The first-order chi connectivity index (χ1) is 11.5. The van der Waals surface area contributed by atoms with Gasteiger partial charge in [0.15, 0.2) is 0 Å². The molecule has 2 bridgehead atoms. The van der Waals surface area contributed by atoms with Gasteiger partial charge in [-0.1, -0.05) is 53.4 Å². The van der Waals surface area contributed by atoms with Crippen LogP contribution in [0.15, 0.2) is 41.5 Å². The minimum absolute atomic E-state index is 0.0486. The Labute approximate surface area is 150 Å². The van der Waals surface area contributed by atoms with Gasteiger partial charge in [0.2, 0.25) is 11.8 Å². The summed E-state index contributed by atoms with van der Waals surface area (Å²) in [5, 5.41) is 0.804. The fourth-order valence-corrected chi connectivity index (χ4v) is 4.93. The average molecular weight is 362 g/mol. The second-order valence-electron chi connectivity index (χ2n) is 6.68. The first-order valence-corrected chi connectivity index (χ1v) is 8.92. The normalized spacial score (nSPS) is 30.5. The highest BCUT2D eigenvalue weighted by molar-refractivity contribution is 6.38. The van der Waals surface area contributed by atoms with E-state index in [0.29, 0.717) is 15.7 Å². The Morgan fingerprint density at radius 2 is 1.67 bits per heavy atom. The maximum atomic E-state index is 13.0. The highest BCUT2D eigenvalue weighted by Crippen LogP contribution is 2.57. The van der Waals surface area contributed by atoms with Crippen LogP contribution in [0.5, 0.6) is 0 Å². The molecular weight excluding hydrogens is 345 g/mol. The molecule has 1 aromatic carbocycles. The standard InChI is InChI=1S/C19H17Cl2NO2/c1-3-9(2)15-11-5-6-12(15)17-16(11)18(23)22(19(17)24)14-7-4-10(20)8-13(14)21/h4-8,11-12,16-17H,3H2,1-2H3/t11-,12-,16+,17+/m0/s1. The fraction of sp³-hybridized carbons (Fsp3) is 0.368. The van der Waals surface area contributed by atoms with E-state index in [-0.39, 0.29) is 35.5 Å². The number of allylic oxidation sites excluding steroid dienone is 4. The smallest absolute Gasteiger partial charge is 0.238 e. The molecule has 2 fully saturated rings. The molecule has 5 heteroatoms. The van der Waals surface area contributed by atoms with Crippen molar-refractivity contribution < 1.29 is 9.59 Å². The minimum atomic E-state index is -0.296. The second-order valence-corrected chi connectivity index (χ2v) is 7.53. The third-order valence-electron chi connectivity index (χ3n) is 5.59. The van der Waals surface area contributed by atoms with Gasteiger partial charge in [0.05, 0.1) is 22.5 Å². The van der Waals surface area contributed by atoms with Crippen molar-refractivity contribution in [2.75, 3.05) is 4.90 Å². The Morgan fingerprint density at radius 1 is 1.08 bits per heavy atom. The highest BCUT2D eigenvalue weighted by Gasteiger charge is 2.62. The van der Waals surface area contributed by atoms with Gasteiger partial charge in [0.25, 0.3) is 0 Å². The Hall–Kier alpha value is -1.58. The molecule has 0 aromatic heterocycles. The summed E-state index contributed by atoms with van der Waals surface area (Å²) in [6.45, 7) is 4.21. The van der Waals surface area contributed by atoms with Crippen LogP contribution in [0.25, 0.3) is 0 Å². The van der Waals surface area contributed by atoms with Gasteiger partial charge in [-0.15, -0.1) is 0 Å². The first-order valence-electron chi connectivity index (χ1n) is 8.16. The number of anilines is 1. The Bertz CT molecular complexity index is 793. The molecule has 4 rings (SSSR count). The van der Waals surface area contributed by atoms with Gasteiger partial charge in [-0.2, -0.15) is 0 Å². The second kappa shape index (κ2) is 5.47. The SMILES string of the molecule is CCC(C)=C1[C@@H]2C=C[C@@H]1[C@H]1C(=O)N(c3ccc(Cl)cc3Cl)C(=O)[C@@H]12. The van der Waals surface area contributed by atoms with E-state index in [1.54, 1.807) is 18.2 Å². The van der Waals surface area contributed by atoms with Crippen molar-refractivity contribution in [1.29, 1.82) is 0 Å². The molecule has 0 unspecified atom stereocenters. The van der Waals surface area contributed by atoms with Crippen LogP contribution in [0, 0.1) is 23.7 Å². The molecule has 1 aromatic rings. The van der Waals surface area contributed by atoms with Gasteiger partial charge in [0.1, 0.15) is 0 Å². The number of rotatable bonds is 2.